The topological polar surface area (TPSA) is 66.0 Å². The van der Waals surface area contributed by atoms with Gasteiger partial charge in [-0.1, -0.05) is 68.7 Å². The zero-order valence-electron chi connectivity index (χ0n) is 17.9. The van der Waals surface area contributed by atoms with E-state index in [0.717, 1.165) is 41.6 Å². The fourth-order valence-corrected chi connectivity index (χ4v) is 3.75. The molecule has 0 aliphatic carbocycles. The molecule has 0 aliphatic heterocycles. The van der Waals surface area contributed by atoms with Gasteiger partial charge in [0, 0.05) is 24.5 Å². The number of aliphatic carboxylic acids is 1. The number of nitriles is 1. The molecule has 3 aromatic rings. The molecule has 0 aliphatic rings. The first-order chi connectivity index (χ1) is 15.1. The van der Waals surface area contributed by atoms with Crippen molar-refractivity contribution in [1.82, 2.24) is 4.57 Å². The molecule has 0 saturated heterocycles. The van der Waals surface area contributed by atoms with E-state index in [4.69, 9.17) is 5.11 Å². The molecular formula is C27H28N2O2. The summed E-state index contributed by atoms with van der Waals surface area (Å²) in [4.78, 5) is 10.9. The van der Waals surface area contributed by atoms with Crippen molar-refractivity contribution in [2.45, 2.75) is 45.6 Å². The smallest absolute Gasteiger partial charge is 0.328 e. The van der Waals surface area contributed by atoms with Crippen LogP contribution in [0, 0.1) is 11.3 Å². The minimum Gasteiger partial charge on any atom is -0.478 e. The summed E-state index contributed by atoms with van der Waals surface area (Å²) in [5.41, 5.74) is 5.93. The SMILES string of the molecule is CCCCCCc1cc(C=CC(=O)O)cn1Cc1ccc(-c2ccccc2C#N)cc1. The Bertz CT molecular complexity index is 1090. The first-order valence-electron chi connectivity index (χ1n) is 10.8. The monoisotopic (exact) mass is 412 g/mol. The third kappa shape index (κ3) is 6.20. The molecule has 0 unspecified atom stereocenters. The molecule has 1 N–H and O–H groups in total. The summed E-state index contributed by atoms with van der Waals surface area (Å²) in [6, 6.07) is 20.3. The van der Waals surface area contributed by atoms with Crippen LogP contribution in [0.1, 0.15) is 55.0 Å². The molecule has 0 fully saturated rings. The number of nitrogens with zero attached hydrogens (tertiary/aromatic N) is 2. The van der Waals surface area contributed by atoms with Gasteiger partial charge in [-0.05, 0) is 53.3 Å². The molecule has 1 heterocycles. The van der Waals surface area contributed by atoms with E-state index in [2.05, 4.69) is 47.9 Å². The van der Waals surface area contributed by atoms with Gasteiger partial charge in [0.05, 0.1) is 11.6 Å². The van der Waals surface area contributed by atoms with E-state index in [-0.39, 0.29) is 0 Å². The predicted octanol–water partition coefficient (Wildman–Crippen LogP) is 6.30. The highest BCUT2D eigenvalue weighted by atomic mass is 16.4. The van der Waals surface area contributed by atoms with Gasteiger partial charge in [-0.2, -0.15) is 5.26 Å². The highest BCUT2D eigenvalue weighted by molar-refractivity contribution is 5.85. The van der Waals surface area contributed by atoms with Crippen molar-refractivity contribution < 1.29 is 9.90 Å². The molecule has 0 amide bonds. The number of unbranched alkanes of at least 4 members (excludes halogenated alkanes) is 3. The van der Waals surface area contributed by atoms with Gasteiger partial charge in [-0.3, -0.25) is 0 Å². The number of carboxylic acids is 1. The second-order valence-electron chi connectivity index (χ2n) is 7.73. The summed E-state index contributed by atoms with van der Waals surface area (Å²) in [6.07, 6.45) is 10.6. The number of hydrogen-bond donors (Lipinski definition) is 1. The van der Waals surface area contributed by atoms with Crippen LogP contribution in [0.5, 0.6) is 0 Å². The molecule has 3 rings (SSSR count). The van der Waals surface area contributed by atoms with Crippen LogP contribution in [-0.4, -0.2) is 15.6 Å². The molecule has 0 radical (unpaired) electrons. The maximum absolute atomic E-state index is 10.9. The van der Waals surface area contributed by atoms with Crippen LogP contribution in [0.25, 0.3) is 17.2 Å². The van der Waals surface area contributed by atoms with Crippen molar-refractivity contribution in [1.29, 1.82) is 5.26 Å². The Morgan fingerprint density at radius 3 is 2.58 bits per heavy atom. The largest absolute Gasteiger partial charge is 0.478 e. The Hall–Kier alpha value is -3.58. The summed E-state index contributed by atoms with van der Waals surface area (Å²) in [5.74, 6) is -0.939. The maximum Gasteiger partial charge on any atom is 0.328 e. The molecule has 31 heavy (non-hydrogen) atoms. The molecule has 0 spiro atoms. The molecule has 0 saturated carbocycles. The lowest BCUT2D eigenvalue weighted by Gasteiger charge is -2.11. The van der Waals surface area contributed by atoms with E-state index in [0.29, 0.717) is 5.56 Å². The van der Waals surface area contributed by atoms with E-state index < -0.39 is 5.97 Å². The highest BCUT2D eigenvalue weighted by Crippen LogP contribution is 2.24. The second kappa shape index (κ2) is 11.0. The number of carbonyl (C=O) groups is 1. The van der Waals surface area contributed by atoms with E-state index in [1.54, 1.807) is 6.08 Å². The van der Waals surface area contributed by atoms with Gasteiger partial charge < -0.3 is 9.67 Å². The van der Waals surface area contributed by atoms with E-state index in [9.17, 15) is 10.1 Å². The molecule has 2 aromatic carbocycles. The fourth-order valence-electron chi connectivity index (χ4n) is 3.75. The van der Waals surface area contributed by atoms with Crippen LogP contribution in [-0.2, 0) is 17.8 Å². The Labute approximate surface area is 184 Å². The summed E-state index contributed by atoms with van der Waals surface area (Å²) in [5, 5.41) is 18.3. The molecule has 158 valence electrons. The lowest BCUT2D eigenvalue weighted by atomic mass is 9.99. The molecule has 0 atom stereocenters. The van der Waals surface area contributed by atoms with Crippen molar-refractivity contribution in [3.8, 4) is 17.2 Å². The van der Waals surface area contributed by atoms with Crippen LogP contribution in [0.15, 0.2) is 66.9 Å². The first kappa shape index (κ1) is 22.1. The highest BCUT2D eigenvalue weighted by Gasteiger charge is 2.08. The third-order valence-corrected chi connectivity index (χ3v) is 5.38. The first-order valence-corrected chi connectivity index (χ1v) is 10.8. The van der Waals surface area contributed by atoms with Gasteiger partial charge in [0.25, 0.3) is 0 Å². The van der Waals surface area contributed by atoms with Crippen molar-refractivity contribution >= 4 is 12.0 Å². The molecule has 1 aromatic heterocycles. The van der Waals surface area contributed by atoms with Crippen LogP contribution < -0.4 is 0 Å². The Morgan fingerprint density at radius 2 is 1.87 bits per heavy atom. The van der Waals surface area contributed by atoms with Crippen LogP contribution in [0.2, 0.25) is 0 Å². The Balaban J connectivity index is 1.80. The predicted molar refractivity (Wildman–Crippen MR) is 125 cm³/mol. The van der Waals surface area contributed by atoms with Gasteiger partial charge in [0.1, 0.15) is 0 Å². The van der Waals surface area contributed by atoms with Gasteiger partial charge >= 0.3 is 5.97 Å². The molecular weight excluding hydrogens is 384 g/mol. The normalized spacial score (nSPS) is 11.0. The lowest BCUT2D eigenvalue weighted by molar-refractivity contribution is -0.131. The number of aryl methyl sites for hydroxylation is 1. The number of carboxylic acid groups (broad SMARTS) is 1. The average Bonchev–Trinajstić information content (AvgIpc) is 3.17. The van der Waals surface area contributed by atoms with Crippen LogP contribution in [0.3, 0.4) is 0 Å². The van der Waals surface area contributed by atoms with Crippen LogP contribution >= 0.6 is 0 Å². The van der Waals surface area contributed by atoms with E-state index in [1.807, 2.05) is 30.5 Å². The standard InChI is InChI=1S/C27H28N2O2/c1-2-3-4-5-9-25-17-22(13-16-27(30)31)20-29(25)19-21-11-14-23(15-12-21)26-10-7-6-8-24(26)18-28/h6-8,10-17,20H,2-5,9,19H2,1H3,(H,30,31). The van der Waals surface area contributed by atoms with E-state index in [1.165, 1.54) is 31.0 Å². The quantitative estimate of drug-likeness (QED) is 0.314. The third-order valence-electron chi connectivity index (χ3n) is 5.38. The number of rotatable bonds is 10. The number of aromatic nitrogens is 1. The van der Waals surface area contributed by atoms with Crippen molar-refractivity contribution in [2.75, 3.05) is 0 Å². The minimum atomic E-state index is -0.939. The van der Waals surface area contributed by atoms with Gasteiger partial charge in [-0.15, -0.1) is 0 Å². The summed E-state index contributed by atoms with van der Waals surface area (Å²) >= 11 is 0. The zero-order valence-corrected chi connectivity index (χ0v) is 17.9. The zero-order chi connectivity index (χ0) is 22.1. The number of benzene rings is 2. The van der Waals surface area contributed by atoms with Gasteiger partial charge in [-0.25, -0.2) is 4.79 Å². The Morgan fingerprint density at radius 1 is 1.10 bits per heavy atom. The second-order valence-corrected chi connectivity index (χ2v) is 7.73. The lowest BCUT2D eigenvalue weighted by Crippen LogP contribution is -2.03. The summed E-state index contributed by atoms with van der Waals surface area (Å²) in [7, 11) is 0. The molecule has 4 nitrogen and oxygen atoms in total. The summed E-state index contributed by atoms with van der Waals surface area (Å²) in [6.45, 7) is 2.93. The van der Waals surface area contributed by atoms with E-state index >= 15 is 0 Å². The Kier molecular flexibility index (Phi) is 7.84. The van der Waals surface area contributed by atoms with Gasteiger partial charge in [0.15, 0.2) is 0 Å². The van der Waals surface area contributed by atoms with Crippen molar-refractivity contribution in [3.05, 3.63) is 89.3 Å². The fraction of sp³-hybridized carbons (Fsp3) is 0.259. The van der Waals surface area contributed by atoms with Crippen LogP contribution in [0.4, 0.5) is 0 Å². The van der Waals surface area contributed by atoms with Crippen molar-refractivity contribution in [2.24, 2.45) is 0 Å². The minimum absolute atomic E-state index is 0.671. The van der Waals surface area contributed by atoms with Crippen molar-refractivity contribution in [3.63, 3.8) is 0 Å². The molecule has 0 bridgehead atoms. The molecule has 4 heteroatoms. The number of hydrogen-bond acceptors (Lipinski definition) is 2. The van der Waals surface area contributed by atoms with Gasteiger partial charge in [0.2, 0.25) is 0 Å². The summed E-state index contributed by atoms with van der Waals surface area (Å²) < 4.78 is 2.21. The average molecular weight is 413 g/mol. The maximum atomic E-state index is 10.9.